The number of ether oxygens (including phenoxy) is 1. The molecule has 2 aromatic rings. The summed E-state index contributed by atoms with van der Waals surface area (Å²) in [4.78, 5) is 23.9. The standard InChI is InChI=1S/C19H21BrN2O3/c1-12(2)18(23)21-15-6-8-16(9-7-15)22-19(24)13(3)25-17-10-4-14(20)5-11-17/h4-13H,1-3H3,(H,21,23)(H,22,24). The number of hydrogen-bond acceptors (Lipinski definition) is 3. The molecule has 0 radical (unpaired) electrons. The number of benzene rings is 2. The maximum atomic E-state index is 12.2. The molecule has 132 valence electrons. The van der Waals surface area contributed by atoms with Crippen molar-refractivity contribution < 1.29 is 14.3 Å². The van der Waals surface area contributed by atoms with Crippen molar-refractivity contribution in [1.29, 1.82) is 0 Å². The van der Waals surface area contributed by atoms with Crippen LogP contribution in [0, 0.1) is 5.92 Å². The molecule has 0 aromatic heterocycles. The second-order valence-corrected chi connectivity index (χ2v) is 6.84. The minimum atomic E-state index is -0.638. The van der Waals surface area contributed by atoms with Gasteiger partial charge in [-0.3, -0.25) is 9.59 Å². The molecule has 0 saturated carbocycles. The molecular weight excluding hydrogens is 384 g/mol. The molecule has 2 amide bonds. The summed E-state index contributed by atoms with van der Waals surface area (Å²) in [5, 5.41) is 5.59. The molecule has 0 aliphatic carbocycles. The molecule has 5 nitrogen and oxygen atoms in total. The topological polar surface area (TPSA) is 67.4 Å². The van der Waals surface area contributed by atoms with E-state index < -0.39 is 6.10 Å². The van der Waals surface area contributed by atoms with Crippen molar-refractivity contribution in [1.82, 2.24) is 0 Å². The van der Waals surface area contributed by atoms with Gasteiger partial charge in [0.1, 0.15) is 5.75 Å². The molecular formula is C19H21BrN2O3. The molecule has 0 spiro atoms. The minimum Gasteiger partial charge on any atom is -0.481 e. The van der Waals surface area contributed by atoms with Crippen molar-refractivity contribution in [2.45, 2.75) is 26.9 Å². The fourth-order valence-corrected chi connectivity index (χ4v) is 2.20. The van der Waals surface area contributed by atoms with E-state index in [0.29, 0.717) is 17.1 Å². The van der Waals surface area contributed by atoms with Gasteiger partial charge in [0.2, 0.25) is 5.91 Å². The summed E-state index contributed by atoms with van der Waals surface area (Å²) in [5.74, 6) is 0.240. The summed E-state index contributed by atoms with van der Waals surface area (Å²) >= 11 is 3.35. The highest BCUT2D eigenvalue weighted by atomic mass is 79.9. The van der Waals surface area contributed by atoms with Gasteiger partial charge in [-0.1, -0.05) is 29.8 Å². The summed E-state index contributed by atoms with van der Waals surface area (Å²) in [5.41, 5.74) is 1.33. The SMILES string of the molecule is CC(C)C(=O)Nc1ccc(NC(=O)C(C)Oc2ccc(Br)cc2)cc1. The molecule has 0 saturated heterocycles. The van der Waals surface area contributed by atoms with E-state index in [-0.39, 0.29) is 17.7 Å². The van der Waals surface area contributed by atoms with Crippen molar-refractivity contribution >= 4 is 39.1 Å². The van der Waals surface area contributed by atoms with E-state index in [0.717, 1.165) is 4.47 Å². The fourth-order valence-electron chi connectivity index (χ4n) is 1.94. The molecule has 2 aromatic carbocycles. The molecule has 1 atom stereocenters. The lowest BCUT2D eigenvalue weighted by molar-refractivity contribution is -0.122. The average molecular weight is 405 g/mol. The van der Waals surface area contributed by atoms with Crippen molar-refractivity contribution in [3.63, 3.8) is 0 Å². The number of nitrogens with one attached hydrogen (secondary N) is 2. The molecule has 0 heterocycles. The van der Waals surface area contributed by atoms with Crippen LogP contribution in [0.25, 0.3) is 0 Å². The number of carbonyl (C=O) groups excluding carboxylic acids is 2. The summed E-state index contributed by atoms with van der Waals surface area (Å²) in [6.07, 6.45) is -0.638. The predicted octanol–water partition coefficient (Wildman–Crippen LogP) is 4.45. The van der Waals surface area contributed by atoms with E-state index in [1.54, 1.807) is 43.3 Å². The van der Waals surface area contributed by atoms with Crippen LogP contribution in [0.2, 0.25) is 0 Å². The first-order chi connectivity index (χ1) is 11.8. The maximum Gasteiger partial charge on any atom is 0.265 e. The van der Waals surface area contributed by atoms with Crippen LogP contribution in [0.15, 0.2) is 53.0 Å². The maximum absolute atomic E-state index is 12.2. The zero-order chi connectivity index (χ0) is 18.4. The van der Waals surface area contributed by atoms with E-state index in [9.17, 15) is 9.59 Å². The summed E-state index contributed by atoms with van der Waals surface area (Å²) in [7, 11) is 0. The fraction of sp³-hybridized carbons (Fsp3) is 0.263. The number of amides is 2. The van der Waals surface area contributed by atoms with Crippen molar-refractivity contribution in [2.75, 3.05) is 10.6 Å². The van der Waals surface area contributed by atoms with E-state index in [4.69, 9.17) is 4.74 Å². The smallest absolute Gasteiger partial charge is 0.265 e. The first kappa shape index (κ1) is 19.0. The van der Waals surface area contributed by atoms with E-state index in [2.05, 4.69) is 26.6 Å². The molecule has 0 aliphatic heterocycles. The Labute approximate surface area is 155 Å². The Morgan fingerprint density at radius 3 is 1.80 bits per heavy atom. The van der Waals surface area contributed by atoms with E-state index in [1.165, 1.54) is 0 Å². The Morgan fingerprint density at radius 1 is 0.840 bits per heavy atom. The Bertz CT molecular complexity index is 727. The van der Waals surface area contributed by atoms with Crippen molar-refractivity contribution in [2.24, 2.45) is 5.92 Å². The summed E-state index contributed by atoms with van der Waals surface area (Å²) in [6, 6.07) is 14.3. The minimum absolute atomic E-state index is 0.0479. The van der Waals surface area contributed by atoms with Crippen LogP contribution in [0.5, 0.6) is 5.75 Å². The third-order valence-corrected chi connectivity index (χ3v) is 3.97. The van der Waals surface area contributed by atoms with Gasteiger partial charge in [0.15, 0.2) is 6.10 Å². The van der Waals surface area contributed by atoms with Crippen LogP contribution in [0.4, 0.5) is 11.4 Å². The molecule has 0 fully saturated rings. The molecule has 0 aliphatic rings. The largest absolute Gasteiger partial charge is 0.481 e. The van der Waals surface area contributed by atoms with Crippen LogP contribution in [0.3, 0.4) is 0 Å². The predicted molar refractivity (Wildman–Crippen MR) is 103 cm³/mol. The normalized spacial score (nSPS) is 11.7. The first-order valence-electron chi connectivity index (χ1n) is 7.99. The number of hydrogen-bond donors (Lipinski definition) is 2. The van der Waals surface area contributed by atoms with E-state index >= 15 is 0 Å². The van der Waals surface area contributed by atoms with Gasteiger partial charge in [-0.05, 0) is 55.5 Å². The third kappa shape index (κ3) is 5.90. The van der Waals surface area contributed by atoms with Gasteiger partial charge in [0, 0.05) is 21.8 Å². The van der Waals surface area contributed by atoms with Crippen molar-refractivity contribution in [3.8, 4) is 5.75 Å². The zero-order valence-corrected chi connectivity index (χ0v) is 16.0. The monoisotopic (exact) mass is 404 g/mol. The summed E-state index contributed by atoms with van der Waals surface area (Å²) < 4.78 is 6.56. The second-order valence-electron chi connectivity index (χ2n) is 5.92. The van der Waals surface area contributed by atoms with Crippen LogP contribution < -0.4 is 15.4 Å². The van der Waals surface area contributed by atoms with Crippen LogP contribution in [-0.4, -0.2) is 17.9 Å². The molecule has 0 bridgehead atoms. The third-order valence-electron chi connectivity index (χ3n) is 3.44. The van der Waals surface area contributed by atoms with Crippen LogP contribution in [0.1, 0.15) is 20.8 Å². The van der Waals surface area contributed by atoms with Crippen molar-refractivity contribution in [3.05, 3.63) is 53.0 Å². The van der Waals surface area contributed by atoms with Gasteiger partial charge in [-0.2, -0.15) is 0 Å². The number of anilines is 2. The Hall–Kier alpha value is -2.34. The number of carbonyl (C=O) groups is 2. The Kier molecular flexibility index (Phi) is 6.58. The van der Waals surface area contributed by atoms with Gasteiger partial charge in [0.05, 0.1) is 0 Å². The lowest BCUT2D eigenvalue weighted by atomic mass is 10.2. The van der Waals surface area contributed by atoms with Gasteiger partial charge >= 0.3 is 0 Å². The van der Waals surface area contributed by atoms with E-state index in [1.807, 2.05) is 26.0 Å². The highest BCUT2D eigenvalue weighted by Gasteiger charge is 2.15. The highest BCUT2D eigenvalue weighted by Crippen LogP contribution is 2.18. The summed E-state index contributed by atoms with van der Waals surface area (Å²) in [6.45, 7) is 5.35. The first-order valence-corrected chi connectivity index (χ1v) is 8.78. The zero-order valence-electron chi connectivity index (χ0n) is 14.4. The lowest BCUT2D eigenvalue weighted by Gasteiger charge is -2.15. The average Bonchev–Trinajstić information content (AvgIpc) is 2.58. The van der Waals surface area contributed by atoms with Gasteiger partial charge in [-0.15, -0.1) is 0 Å². The second kappa shape index (κ2) is 8.67. The Morgan fingerprint density at radius 2 is 1.32 bits per heavy atom. The molecule has 6 heteroatoms. The number of halogens is 1. The van der Waals surface area contributed by atoms with Gasteiger partial charge in [-0.25, -0.2) is 0 Å². The molecule has 1 unspecified atom stereocenters. The quantitative estimate of drug-likeness (QED) is 0.746. The number of rotatable bonds is 6. The van der Waals surface area contributed by atoms with Crippen LogP contribution in [-0.2, 0) is 9.59 Å². The highest BCUT2D eigenvalue weighted by molar-refractivity contribution is 9.10. The molecule has 2 rings (SSSR count). The Balaban J connectivity index is 1.91. The van der Waals surface area contributed by atoms with Crippen LogP contribution >= 0.6 is 15.9 Å². The van der Waals surface area contributed by atoms with Gasteiger partial charge < -0.3 is 15.4 Å². The molecule has 25 heavy (non-hydrogen) atoms. The molecule has 2 N–H and O–H groups in total. The lowest BCUT2D eigenvalue weighted by Crippen LogP contribution is -2.30. The van der Waals surface area contributed by atoms with Gasteiger partial charge in [0.25, 0.3) is 5.91 Å².